The molecule has 0 unspecified atom stereocenters. The summed E-state index contributed by atoms with van der Waals surface area (Å²) in [6.45, 7) is 3.07. The monoisotopic (exact) mass is 429 g/mol. The maximum absolute atomic E-state index is 5.84. The van der Waals surface area contributed by atoms with E-state index in [-0.39, 0.29) is 6.10 Å². The minimum atomic E-state index is 0.236. The van der Waals surface area contributed by atoms with Gasteiger partial charge in [-0.05, 0) is 43.0 Å². The molecule has 0 saturated carbocycles. The topological polar surface area (TPSA) is 55.2 Å². The maximum Gasteiger partial charge on any atom is 0.115 e. The number of anilines is 1. The van der Waals surface area contributed by atoms with Crippen molar-refractivity contribution in [3.05, 3.63) is 65.9 Å². The second-order valence-electron chi connectivity index (χ2n) is 8.33. The maximum atomic E-state index is 5.84. The molecule has 6 heteroatoms. The molecule has 3 aromatic rings. The predicted molar refractivity (Wildman–Crippen MR) is 128 cm³/mol. The number of benzene rings is 2. The molecule has 1 aliphatic rings. The van der Waals surface area contributed by atoms with E-state index in [1.54, 1.807) is 0 Å². The fourth-order valence-electron chi connectivity index (χ4n) is 3.88. The summed E-state index contributed by atoms with van der Waals surface area (Å²) >= 11 is 0. The molecule has 1 aromatic heterocycles. The SMILES string of the molecule is CN(C)c1cc(C#CCNCc2ccccc2)ccc1-c1cn(C[C@H]2CCCCO2)nn1. The fraction of sp³-hybridized carbons (Fsp3) is 0.385. The second kappa shape index (κ2) is 10.9. The molecule has 1 aliphatic heterocycles. The molecule has 2 heterocycles. The summed E-state index contributed by atoms with van der Waals surface area (Å²) < 4.78 is 7.74. The van der Waals surface area contributed by atoms with E-state index in [9.17, 15) is 0 Å². The molecule has 1 saturated heterocycles. The van der Waals surface area contributed by atoms with E-state index >= 15 is 0 Å². The second-order valence-corrected chi connectivity index (χ2v) is 8.33. The zero-order valence-electron chi connectivity index (χ0n) is 18.9. The molecule has 32 heavy (non-hydrogen) atoms. The van der Waals surface area contributed by atoms with E-state index < -0.39 is 0 Å². The molecule has 2 aromatic carbocycles. The van der Waals surface area contributed by atoms with Gasteiger partial charge in [0.25, 0.3) is 0 Å². The Hall–Kier alpha value is -3.14. The van der Waals surface area contributed by atoms with Crippen LogP contribution in [0, 0.1) is 11.8 Å². The summed E-state index contributed by atoms with van der Waals surface area (Å²) in [5, 5.41) is 12.1. The predicted octanol–water partition coefficient (Wildman–Crippen LogP) is 3.72. The number of hydrogen-bond donors (Lipinski definition) is 1. The Balaban J connectivity index is 1.41. The summed E-state index contributed by atoms with van der Waals surface area (Å²) in [6.07, 6.45) is 5.72. The Kier molecular flexibility index (Phi) is 7.55. The summed E-state index contributed by atoms with van der Waals surface area (Å²) in [5.74, 6) is 6.49. The van der Waals surface area contributed by atoms with Crippen molar-refractivity contribution in [3.63, 3.8) is 0 Å². The van der Waals surface area contributed by atoms with Gasteiger partial charge < -0.3 is 15.0 Å². The van der Waals surface area contributed by atoms with Gasteiger partial charge >= 0.3 is 0 Å². The molecule has 1 atom stereocenters. The van der Waals surface area contributed by atoms with E-state index in [2.05, 4.69) is 74.8 Å². The molecule has 0 radical (unpaired) electrons. The highest BCUT2D eigenvalue weighted by atomic mass is 16.5. The van der Waals surface area contributed by atoms with Gasteiger partial charge in [0.2, 0.25) is 0 Å². The van der Waals surface area contributed by atoms with Crippen molar-refractivity contribution in [2.24, 2.45) is 0 Å². The number of aromatic nitrogens is 3. The van der Waals surface area contributed by atoms with E-state index in [1.165, 1.54) is 12.0 Å². The van der Waals surface area contributed by atoms with Crippen molar-refractivity contribution in [2.45, 2.75) is 38.5 Å². The minimum Gasteiger partial charge on any atom is -0.377 e. The highest BCUT2D eigenvalue weighted by Gasteiger charge is 2.17. The largest absolute Gasteiger partial charge is 0.377 e. The molecule has 6 nitrogen and oxygen atoms in total. The van der Waals surface area contributed by atoms with Crippen LogP contribution in [0.1, 0.15) is 30.4 Å². The lowest BCUT2D eigenvalue weighted by molar-refractivity contribution is 0.00370. The third kappa shape index (κ3) is 5.97. The number of rotatable bonds is 7. The fourth-order valence-corrected chi connectivity index (χ4v) is 3.88. The van der Waals surface area contributed by atoms with Crippen LogP contribution in [-0.2, 0) is 17.8 Å². The molecule has 166 valence electrons. The van der Waals surface area contributed by atoms with Crippen molar-refractivity contribution in [1.82, 2.24) is 20.3 Å². The average Bonchev–Trinajstić information content (AvgIpc) is 3.28. The third-order valence-corrected chi connectivity index (χ3v) is 5.58. The van der Waals surface area contributed by atoms with Gasteiger partial charge in [-0.2, -0.15) is 0 Å². The van der Waals surface area contributed by atoms with Crippen LogP contribution in [0.4, 0.5) is 5.69 Å². The van der Waals surface area contributed by atoms with Crippen LogP contribution < -0.4 is 10.2 Å². The zero-order chi connectivity index (χ0) is 22.2. The first-order chi connectivity index (χ1) is 15.7. The van der Waals surface area contributed by atoms with Crippen LogP contribution in [0.5, 0.6) is 0 Å². The molecular weight excluding hydrogens is 398 g/mol. The highest BCUT2D eigenvalue weighted by Crippen LogP contribution is 2.29. The Morgan fingerprint density at radius 1 is 1.16 bits per heavy atom. The summed E-state index contributed by atoms with van der Waals surface area (Å²) in [7, 11) is 4.08. The van der Waals surface area contributed by atoms with E-state index in [4.69, 9.17) is 4.74 Å². The number of ether oxygens (including phenoxy) is 1. The van der Waals surface area contributed by atoms with Crippen LogP contribution >= 0.6 is 0 Å². The molecule has 4 rings (SSSR count). The van der Waals surface area contributed by atoms with Crippen molar-refractivity contribution >= 4 is 5.69 Å². The van der Waals surface area contributed by atoms with Crippen LogP contribution in [0.25, 0.3) is 11.3 Å². The summed E-state index contributed by atoms with van der Waals surface area (Å²) in [6, 6.07) is 16.6. The molecule has 0 aliphatic carbocycles. The van der Waals surface area contributed by atoms with E-state index in [0.717, 1.165) is 55.0 Å². The van der Waals surface area contributed by atoms with Gasteiger partial charge in [-0.1, -0.05) is 47.4 Å². The van der Waals surface area contributed by atoms with Gasteiger partial charge in [0.05, 0.1) is 25.4 Å². The first-order valence-electron chi connectivity index (χ1n) is 11.3. The summed E-state index contributed by atoms with van der Waals surface area (Å²) in [5.41, 5.74) is 5.25. The smallest absolute Gasteiger partial charge is 0.115 e. The standard InChI is InChI=1S/C26H31N5O/c1-30(2)26-17-21(11-8-15-27-18-22-9-4-3-5-10-22)13-14-24(26)25-20-31(29-28-25)19-23-12-6-7-16-32-23/h3-5,9-10,13-14,17,20,23,27H,6-7,12,15-16,18-19H2,1-2H3/t23-/m1/s1. The van der Waals surface area contributed by atoms with Gasteiger partial charge in [0, 0.05) is 44.1 Å². The minimum absolute atomic E-state index is 0.236. The van der Waals surface area contributed by atoms with Crippen LogP contribution in [0.2, 0.25) is 0 Å². The lowest BCUT2D eigenvalue weighted by Gasteiger charge is -2.21. The zero-order valence-corrected chi connectivity index (χ0v) is 18.9. The van der Waals surface area contributed by atoms with Crippen LogP contribution in [-0.4, -0.2) is 48.3 Å². The van der Waals surface area contributed by atoms with Crippen LogP contribution in [0.3, 0.4) is 0 Å². The molecule has 1 N–H and O–H groups in total. The number of nitrogens with zero attached hydrogens (tertiary/aromatic N) is 4. The van der Waals surface area contributed by atoms with Crippen molar-refractivity contribution in [1.29, 1.82) is 0 Å². The van der Waals surface area contributed by atoms with Crippen molar-refractivity contribution in [3.8, 4) is 23.1 Å². The summed E-state index contributed by atoms with van der Waals surface area (Å²) in [4.78, 5) is 2.09. The lowest BCUT2D eigenvalue weighted by Crippen LogP contribution is -2.24. The molecular formula is C26H31N5O. The first kappa shape index (κ1) is 22.1. The van der Waals surface area contributed by atoms with E-state index in [1.807, 2.05) is 31.0 Å². The first-order valence-corrected chi connectivity index (χ1v) is 11.3. The van der Waals surface area contributed by atoms with Crippen molar-refractivity contribution < 1.29 is 4.74 Å². The Morgan fingerprint density at radius 3 is 2.81 bits per heavy atom. The lowest BCUT2D eigenvalue weighted by atomic mass is 10.1. The molecule has 1 fully saturated rings. The van der Waals surface area contributed by atoms with E-state index in [0.29, 0.717) is 6.54 Å². The van der Waals surface area contributed by atoms with Gasteiger partial charge in [0.15, 0.2) is 0 Å². The molecule has 0 spiro atoms. The van der Waals surface area contributed by atoms with Gasteiger partial charge in [0.1, 0.15) is 5.69 Å². The highest BCUT2D eigenvalue weighted by molar-refractivity contribution is 5.77. The number of nitrogens with one attached hydrogen (secondary N) is 1. The van der Waals surface area contributed by atoms with Gasteiger partial charge in [-0.25, -0.2) is 4.68 Å². The molecule has 0 bridgehead atoms. The number of hydrogen-bond acceptors (Lipinski definition) is 5. The van der Waals surface area contributed by atoms with Crippen molar-refractivity contribution in [2.75, 3.05) is 32.1 Å². The Bertz CT molecular complexity index is 1060. The third-order valence-electron chi connectivity index (χ3n) is 5.58. The Labute approximate surface area is 190 Å². The van der Waals surface area contributed by atoms with Crippen LogP contribution in [0.15, 0.2) is 54.7 Å². The van der Waals surface area contributed by atoms with Gasteiger partial charge in [-0.15, -0.1) is 5.10 Å². The van der Waals surface area contributed by atoms with Gasteiger partial charge in [-0.3, -0.25) is 0 Å². The Morgan fingerprint density at radius 2 is 2.03 bits per heavy atom. The average molecular weight is 430 g/mol. The quantitative estimate of drug-likeness (QED) is 0.458. The normalized spacial score (nSPS) is 15.8. The molecule has 0 amide bonds.